The van der Waals surface area contributed by atoms with Crippen LogP contribution in [0.5, 0.6) is 0 Å². The number of hydrogen-bond acceptors (Lipinski definition) is 4. The van der Waals surface area contributed by atoms with E-state index in [1.54, 1.807) is 4.90 Å². The van der Waals surface area contributed by atoms with E-state index in [4.69, 9.17) is 0 Å². The van der Waals surface area contributed by atoms with Gasteiger partial charge in [0, 0.05) is 51.4 Å². The van der Waals surface area contributed by atoms with Crippen molar-refractivity contribution in [2.24, 2.45) is 0 Å². The van der Waals surface area contributed by atoms with E-state index in [0.717, 1.165) is 25.1 Å². The van der Waals surface area contributed by atoms with E-state index >= 15 is 0 Å². The smallest absolute Gasteiger partial charge is 0.318 e. The van der Waals surface area contributed by atoms with Gasteiger partial charge in [-0.25, -0.2) is 4.79 Å². The SMILES string of the molecule is O=C(NC(Cc1ccccc1)C(=O)N1CCNCC1)N(CCS)CCc1ccccc1. The third kappa shape index (κ3) is 7.29. The van der Waals surface area contributed by atoms with Gasteiger partial charge < -0.3 is 20.4 Å². The molecular formula is C24H32N4O2S. The first-order valence-corrected chi connectivity index (χ1v) is 11.5. The van der Waals surface area contributed by atoms with Crippen LogP contribution in [-0.4, -0.2) is 72.8 Å². The summed E-state index contributed by atoms with van der Waals surface area (Å²) < 4.78 is 0. The topological polar surface area (TPSA) is 64.7 Å². The summed E-state index contributed by atoms with van der Waals surface area (Å²) in [5, 5.41) is 6.29. The molecule has 0 saturated carbocycles. The van der Waals surface area contributed by atoms with Crippen LogP contribution in [0.4, 0.5) is 4.79 Å². The van der Waals surface area contributed by atoms with Gasteiger partial charge in [-0.1, -0.05) is 60.7 Å². The Hall–Kier alpha value is -2.51. The van der Waals surface area contributed by atoms with Crippen LogP contribution in [-0.2, 0) is 17.6 Å². The summed E-state index contributed by atoms with van der Waals surface area (Å²) in [7, 11) is 0. The maximum absolute atomic E-state index is 13.2. The normalized spacial score (nSPS) is 14.7. The van der Waals surface area contributed by atoms with Gasteiger partial charge in [0.25, 0.3) is 0 Å². The van der Waals surface area contributed by atoms with Gasteiger partial charge in [0.05, 0.1) is 0 Å². The Morgan fingerprint density at radius 1 is 0.968 bits per heavy atom. The molecule has 0 aliphatic carbocycles. The van der Waals surface area contributed by atoms with Crippen molar-refractivity contribution in [3.63, 3.8) is 0 Å². The number of piperazine rings is 1. The van der Waals surface area contributed by atoms with Crippen LogP contribution in [0.1, 0.15) is 11.1 Å². The minimum atomic E-state index is -0.591. The Morgan fingerprint density at radius 2 is 1.58 bits per heavy atom. The average molecular weight is 441 g/mol. The van der Waals surface area contributed by atoms with Crippen LogP contribution in [0, 0.1) is 0 Å². The first-order valence-electron chi connectivity index (χ1n) is 10.9. The third-order valence-corrected chi connectivity index (χ3v) is 5.68. The Bertz CT molecular complexity index is 813. The lowest BCUT2D eigenvalue weighted by molar-refractivity contribution is -0.133. The molecule has 1 saturated heterocycles. The first-order chi connectivity index (χ1) is 15.2. The fourth-order valence-corrected chi connectivity index (χ4v) is 3.98. The zero-order chi connectivity index (χ0) is 21.9. The predicted molar refractivity (Wildman–Crippen MR) is 127 cm³/mol. The molecule has 6 nitrogen and oxygen atoms in total. The first kappa shape index (κ1) is 23.2. The van der Waals surface area contributed by atoms with Gasteiger partial charge in [0.15, 0.2) is 0 Å². The highest BCUT2D eigenvalue weighted by atomic mass is 32.1. The van der Waals surface area contributed by atoms with Crippen LogP contribution in [0.25, 0.3) is 0 Å². The number of rotatable bonds is 9. The Morgan fingerprint density at radius 3 is 2.19 bits per heavy atom. The van der Waals surface area contributed by atoms with Gasteiger partial charge in [0.1, 0.15) is 6.04 Å². The van der Waals surface area contributed by atoms with Gasteiger partial charge in [-0.05, 0) is 17.5 Å². The van der Waals surface area contributed by atoms with Gasteiger partial charge >= 0.3 is 6.03 Å². The Balaban J connectivity index is 1.68. The van der Waals surface area contributed by atoms with Crippen LogP contribution >= 0.6 is 12.6 Å². The fourth-order valence-electron chi connectivity index (χ4n) is 3.74. The average Bonchev–Trinajstić information content (AvgIpc) is 2.82. The lowest BCUT2D eigenvalue weighted by Gasteiger charge is -2.32. The Kier molecular flexibility index (Phi) is 9.24. The van der Waals surface area contributed by atoms with E-state index in [0.29, 0.717) is 38.4 Å². The van der Waals surface area contributed by atoms with Crippen LogP contribution in [0.3, 0.4) is 0 Å². The van der Waals surface area contributed by atoms with Crippen LogP contribution in [0.15, 0.2) is 60.7 Å². The number of hydrogen-bond donors (Lipinski definition) is 3. The summed E-state index contributed by atoms with van der Waals surface area (Å²) in [5.41, 5.74) is 2.21. The van der Waals surface area contributed by atoms with Crippen molar-refractivity contribution in [3.8, 4) is 0 Å². The molecule has 2 aromatic rings. The summed E-state index contributed by atoms with van der Waals surface area (Å²) in [6.45, 7) is 3.99. The molecule has 1 unspecified atom stereocenters. The second kappa shape index (κ2) is 12.4. The third-order valence-electron chi connectivity index (χ3n) is 5.48. The summed E-state index contributed by atoms with van der Waals surface area (Å²) in [6, 6.07) is 19.1. The largest absolute Gasteiger partial charge is 0.338 e. The summed E-state index contributed by atoms with van der Waals surface area (Å²) in [5.74, 6) is 0.546. The molecule has 2 aromatic carbocycles. The fraction of sp³-hybridized carbons (Fsp3) is 0.417. The summed E-state index contributed by atoms with van der Waals surface area (Å²) >= 11 is 4.33. The molecule has 1 heterocycles. The standard InChI is InChI=1S/C24H32N4O2S/c29-23(27-15-12-25-13-16-27)22(19-21-9-5-2-6-10-21)26-24(30)28(17-18-31)14-11-20-7-3-1-4-8-20/h1-10,22,25,31H,11-19H2,(H,26,30). The van der Waals surface area contributed by atoms with E-state index in [1.807, 2.05) is 53.4 Å². The molecule has 0 radical (unpaired) electrons. The van der Waals surface area contributed by atoms with E-state index in [1.165, 1.54) is 5.56 Å². The van der Waals surface area contributed by atoms with E-state index in [9.17, 15) is 9.59 Å². The number of carbonyl (C=O) groups is 2. The van der Waals surface area contributed by atoms with Crippen molar-refractivity contribution in [2.75, 3.05) is 45.0 Å². The lowest BCUT2D eigenvalue weighted by atomic mass is 10.0. The molecule has 0 spiro atoms. The van der Waals surface area contributed by atoms with Crippen molar-refractivity contribution in [3.05, 3.63) is 71.8 Å². The minimum absolute atomic E-state index is 0.0208. The van der Waals surface area contributed by atoms with Crippen molar-refractivity contribution < 1.29 is 9.59 Å². The van der Waals surface area contributed by atoms with Crippen molar-refractivity contribution in [1.29, 1.82) is 0 Å². The number of carbonyl (C=O) groups excluding carboxylic acids is 2. The van der Waals surface area contributed by atoms with Gasteiger partial charge in [-0.2, -0.15) is 12.6 Å². The number of amides is 3. The van der Waals surface area contributed by atoms with E-state index < -0.39 is 6.04 Å². The van der Waals surface area contributed by atoms with Crippen molar-refractivity contribution in [2.45, 2.75) is 18.9 Å². The highest BCUT2D eigenvalue weighted by Crippen LogP contribution is 2.09. The molecule has 1 atom stereocenters. The molecular weight excluding hydrogens is 408 g/mol. The molecule has 3 rings (SSSR count). The monoisotopic (exact) mass is 440 g/mol. The number of nitrogens with zero attached hydrogens (tertiary/aromatic N) is 2. The molecule has 166 valence electrons. The van der Waals surface area contributed by atoms with Gasteiger partial charge in [-0.15, -0.1) is 0 Å². The van der Waals surface area contributed by atoms with Gasteiger partial charge in [0.2, 0.25) is 5.91 Å². The molecule has 2 N–H and O–H groups in total. The van der Waals surface area contributed by atoms with Crippen LogP contribution in [0.2, 0.25) is 0 Å². The predicted octanol–water partition coefficient (Wildman–Crippen LogP) is 2.21. The zero-order valence-corrected chi connectivity index (χ0v) is 18.8. The molecule has 1 aliphatic rings. The van der Waals surface area contributed by atoms with Crippen molar-refractivity contribution >= 4 is 24.6 Å². The molecule has 1 aliphatic heterocycles. The summed E-state index contributed by atoms with van der Waals surface area (Å²) in [4.78, 5) is 30.0. The maximum atomic E-state index is 13.2. The number of urea groups is 1. The van der Waals surface area contributed by atoms with E-state index in [-0.39, 0.29) is 11.9 Å². The molecule has 0 bridgehead atoms. The summed E-state index contributed by atoms with van der Waals surface area (Å²) in [6.07, 6.45) is 1.24. The second-order valence-corrected chi connectivity index (χ2v) is 8.16. The number of thiol groups is 1. The highest BCUT2D eigenvalue weighted by Gasteiger charge is 2.28. The highest BCUT2D eigenvalue weighted by molar-refractivity contribution is 7.80. The zero-order valence-electron chi connectivity index (χ0n) is 17.9. The quantitative estimate of drug-likeness (QED) is 0.524. The van der Waals surface area contributed by atoms with Crippen LogP contribution < -0.4 is 10.6 Å². The van der Waals surface area contributed by atoms with Crippen molar-refractivity contribution in [1.82, 2.24) is 20.4 Å². The maximum Gasteiger partial charge on any atom is 0.318 e. The molecule has 0 aromatic heterocycles. The molecule has 1 fully saturated rings. The number of benzene rings is 2. The van der Waals surface area contributed by atoms with Gasteiger partial charge in [-0.3, -0.25) is 4.79 Å². The molecule has 7 heteroatoms. The lowest BCUT2D eigenvalue weighted by Crippen LogP contribution is -2.56. The molecule has 3 amide bonds. The van der Waals surface area contributed by atoms with E-state index in [2.05, 4.69) is 35.4 Å². The molecule has 31 heavy (non-hydrogen) atoms. The Labute approximate surface area is 190 Å². The second-order valence-electron chi connectivity index (χ2n) is 7.71. The minimum Gasteiger partial charge on any atom is -0.338 e. The number of nitrogens with one attached hydrogen (secondary N) is 2.